The van der Waals surface area contributed by atoms with Gasteiger partial charge in [-0.05, 0) is 17.7 Å². The number of halogens is 3. The van der Waals surface area contributed by atoms with Crippen molar-refractivity contribution in [1.29, 1.82) is 0 Å². The second kappa shape index (κ2) is 4.21. The van der Waals surface area contributed by atoms with Gasteiger partial charge < -0.3 is 10.8 Å². The van der Waals surface area contributed by atoms with Crippen LogP contribution in [-0.2, 0) is 0 Å². The molecular formula is C9H10ClF2NO. The van der Waals surface area contributed by atoms with Crippen LogP contribution in [0.4, 0.5) is 8.78 Å². The highest BCUT2D eigenvalue weighted by molar-refractivity contribution is 6.30. The minimum Gasteiger partial charge on any atom is -0.390 e. The van der Waals surface area contributed by atoms with Crippen molar-refractivity contribution in [1.82, 2.24) is 0 Å². The first-order valence-corrected chi connectivity index (χ1v) is 4.35. The van der Waals surface area contributed by atoms with E-state index < -0.39 is 18.6 Å². The Bertz CT molecular complexity index is 302. The summed E-state index contributed by atoms with van der Waals surface area (Å²) in [6.45, 7) is -1.27. The van der Waals surface area contributed by atoms with E-state index in [0.29, 0.717) is 5.02 Å². The van der Waals surface area contributed by atoms with Gasteiger partial charge in [0.2, 0.25) is 0 Å². The molecule has 5 heteroatoms. The first-order valence-electron chi connectivity index (χ1n) is 3.97. The smallest absolute Gasteiger partial charge is 0.289 e. The first-order chi connectivity index (χ1) is 6.47. The van der Waals surface area contributed by atoms with E-state index in [1.165, 1.54) is 24.3 Å². The van der Waals surface area contributed by atoms with Crippen molar-refractivity contribution in [3.8, 4) is 0 Å². The third kappa shape index (κ3) is 2.41. The Kier molecular flexibility index (Phi) is 3.42. The van der Waals surface area contributed by atoms with E-state index in [0.717, 1.165) is 0 Å². The maximum Gasteiger partial charge on any atom is 0.289 e. The van der Waals surface area contributed by atoms with Gasteiger partial charge >= 0.3 is 0 Å². The summed E-state index contributed by atoms with van der Waals surface area (Å²) >= 11 is 5.59. The summed E-state index contributed by atoms with van der Waals surface area (Å²) in [4.78, 5) is 0. The normalized spacial score (nSPS) is 14.1. The molecule has 0 aliphatic rings. The Balaban J connectivity index is 2.89. The molecule has 0 radical (unpaired) electrons. The van der Waals surface area contributed by atoms with E-state index in [9.17, 15) is 8.78 Å². The van der Waals surface area contributed by atoms with E-state index in [4.69, 9.17) is 22.4 Å². The van der Waals surface area contributed by atoms with Crippen LogP contribution in [0.25, 0.3) is 0 Å². The molecule has 1 aromatic carbocycles. The molecule has 14 heavy (non-hydrogen) atoms. The molecule has 0 aliphatic heterocycles. The summed E-state index contributed by atoms with van der Waals surface area (Å²) in [6, 6.07) is 4.27. The summed E-state index contributed by atoms with van der Waals surface area (Å²) < 4.78 is 25.8. The van der Waals surface area contributed by atoms with Crippen LogP contribution >= 0.6 is 11.6 Å². The molecule has 0 spiro atoms. The molecule has 0 heterocycles. The van der Waals surface area contributed by atoms with Crippen LogP contribution in [0.15, 0.2) is 24.3 Å². The minimum absolute atomic E-state index is 0.244. The maximum atomic E-state index is 12.9. The zero-order valence-corrected chi connectivity index (χ0v) is 8.01. The molecule has 1 atom stereocenters. The molecule has 0 saturated heterocycles. The van der Waals surface area contributed by atoms with Gasteiger partial charge in [-0.1, -0.05) is 23.7 Å². The van der Waals surface area contributed by atoms with E-state index >= 15 is 0 Å². The molecule has 78 valence electrons. The van der Waals surface area contributed by atoms with Crippen molar-refractivity contribution in [3.05, 3.63) is 34.9 Å². The number of aliphatic hydroxyl groups excluding tert-OH is 1. The quantitative estimate of drug-likeness (QED) is 0.820. The van der Waals surface area contributed by atoms with E-state index in [1.54, 1.807) is 0 Å². The van der Waals surface area contributed by atoms with Crippen molar-refractivity contribution in [3.63, 3.8) is 0 Å². The number of hydrogen-bond acceptors (Lipinski definition) is 2. The number of aliphatic hydroxyl groups is 1. The lowest BCUT2D eigenvalue weighted by atomic mass is 10.0. The molecule has 0 aromatic heterocycles. The summed E-state index contributed by atoms with van der Waals surface area (Å²) in [5, 5.41) is 8.88. The van der Waals surface area contributed by atoms with E-state index in [1.807, 2.05) is 0 Å². The van der Waals surface area contributed by atoms with Crippen molar-refractivity contribution < 1.29 is 13.9 Å². The van der Waals surface area contributed by atoms with Gasteiger partial charge in [-0.25, -0.2) is 8.78 Å². The van der Waals surface area contributed by atoms with Crippen molar-refractivity contribution in [2.45, 2.75) is 12.0 Å². The maximum absolute atomic E-state index is 12.9. The SMILES string of the molecule is N[C@@H](c1ccc(Cl)cc1)C(F)(F)CO. The van der Waals surface area contributed by atoms with Gasteiger partial charge in [0.25, 0.3) is 5.92 Å². The molecule has 0 saturated carbocycles. The lowest BCUT2D eigenvalue weighted by molar-refractivity contribution is -0.0711. The number of benzene rings is 1. The van der Waals surface area contributed by atoms with Crippen LogP contribution in [0.2, 0.25) is 5.02 Å². The highest BCUT2D eigenvalue weighted by atomic mass is 35.5. The predicted molar refractivity (Wildman–Crippen MR) is 50.4 cm³/mol. The van der Waals surface area contributed by atoms with Gasteiger partial charge in [-0.15, -0.1) is 0 Å². The third-order valence-corrected chi connectivity index (χ3v) is 2.15. The van der Waals surface area contributed by atoms with Crippen molar-refractivity contribution >= 4 is 11.6 Å². The molecule has 0 amide bonds. The summed E-state index contributed by atoms with van der Waals surface area (Å²) in [5.74, 6) is -3.31. The average Bonchev–Trinajstić information content (AvgIpc) is 2.18. The van der Waals surface area contributed by atoms with Crippen molar-refractivity contribution in [2.75, 3.05) is 6.61 Å². The molecular weight excluding hydrogens is 212 g/mol. The van der Waals surface area contributed by atoms with Gasteiger partial charge in [-0.3, -0.25) is 0 Å². The van der Waals surface area contributed by atoms with E-state index in [-0.39, 0.29) is 5.56 Å². The molecule has 0 fully saturated rings. The monoisotopic (exact) mass is 221 g/mol. The lowest BCUT2D eigenvalue weighted by Gasteiger charge is -2.21. The Morgan fingerprint density at radius 3 is 2.29 bits per heavy atom. The second-order valence-electron chi connectivity index (χ2n) is 2.95. The van der Waals surface area contributed by atoms with Crippen LogP contribution in [0.5, 0.6) is 0 Å². The highest BCUT2D eigenvalue weighted by Gasteiger charge is 2.37. The van der Waals surface area contributed by atoms with Crippen LogP contribution < -0.4 is 5.73 Å². The molecule has 0 unspecified atom stereocenters. The summed E-state index contributed by atoms with van der Waals surface area (Å²) in [5.41, 5.74) is 5.52. The number of hydrogen-bond donors (Lipinski definition) is 2. The van der Waals surface area contributed by atoms with Gasteiger partial charge in [0, 0.05) is 5.02 Å². The van der Waals surface area contributed by atoms with Gasteiger partial charge in [-0.2, -0.15) is 0 Å². The molecule has 2 nitrogen and oxygen atoms in total. The van der Waals surface area contributed by atoms with Crippen LogP contribution in [0.3, 0.4) is 0 Å². The topological polar surface area (TPSA) is 46.2 Å². The Hall–Kier alpha value is -0.710. The van der Waals surface area contributed by atoms with Crippen LogP contribution in [0.1, 0.15) is 11.6 Å². The van der Waals surface area contributed by atoms with Gasteiger partial charge in [0.05, 0.1) is 6.04 Å². The lowest BCUT2D eigenvalue weighted by Crippen LogP contribution is -2.36. The van der Waals surface area contributed by atoms with Crippen LogP contribution in [0, 0.1) is 0 Å². The highest BCUT2D eigenvalue weighted by Crippen LogP contribution is 2.29. The Morgan fingerprint density at radius 1 is 1.36 bits per heavy atom. The molecule has 1 aromatic rings. The second-order valence-corrected chi connectivity index (χ2v) is 3.38. The first kappa shape index (κ1) is 11.4. The molecule has 1 rings (SSSR count). The molecule has 0 bridgehead atoms. The molecule has 0 aliphatic carbocycles. The standard InChI is InChI=1S/C9H10ClF2NO/c10-7-3-1-6(2-4-7)8(13)9(11,12)5-14/h1-4,8,14H,5,13H2/t8-/m0/s1. The van der Waals surface area contributed by atoms with E-state index in [2.05, 4.69) is 0 Å². The van der Waals surface area contributed by atoms with Crippen molar-refractivity contribution in [2.24, 2.45) is 5.73 Å². The number of alkyl halides is 2. The summed E-state index contributed by atoms with van der Waals surface area (Å²) in [6.07, 6.45) is 0. The average molecular weight is 222 g/mol. The van der Waals surface area contributed by atoms with Gasteiger partial charge in [0.1, 0.15) is 6.61 Å². The third-order valence-electron chi connectivity index (χ3n) is 1.89. The fraction of sp³-hybridized carbons (Fsp3) is 0.333. The number of rotatable bonds is 3. The zero-order valence-electron chi connectivity index (χ0n) is 7.25. The predicted octanol–water partition coefficient (Wildman–Crippen LogP) is 1.97. The largest absolute Gasteiger partial charge is 0.390 e. The summed E-state index contributed by atoms with van der Waals surface area (Å²) in [7, 11) is 0. The number of nitrogens with two attached hydrogens (primary N) is 1. The minimum atomic E-state index is -3.31. The zero-order chi connectivity index (χ0) is 10.8. The molecule has 3 N–H and O–H groups in total. The Labute approximate surface area is 85.3 Å². The van der Waals surface area contributed by atoms with Crippen LogP contribution in [-0.4, -0.2) is 17.6 Å². The Morgan fingerprint density at radius 2 is 1.86 bits per heavy atom. The fourth-order valence-corrected chi connectivity index (χ4v) is 1.14. The fourth-order valence-electron chi connectivity index (χ4n) is 1.01. The van der Waals surface area contributed by atoms with Gasteiger partial charge in [0.15, 0.2) is 0 Å².